The Hall–Kier alpha value is -3.47. The summed E-state index contributed by atoms with van der Waals surface area (Å²) in [4.78, 5) is 59.1. The zero-order valence-corrected chi connectivity index (χ0v) is 16.4. The van der Waals surface area contributed by atoms with Crippen LogP contribution in [0.1, 0.15) is 30.1 Å². The Balaban J connectivity index is 0.00000101. The molecular weight excluding hydrogens is 396 g/mol. The second-order valence-electron chi connectivity index (χ2n) is 6.87. The number of rotatable bonds is 3. The van der Waals surface area contributed by atoms with Gasteiger partial charge in [-0.3, -0.25) is 29.4 Å². The maximum absolute atomic E-state index is 13.1. The number of urea groups is 1. The lowest BCUT2D eigenvalue weighted by atomic mass is 10.0. The van der Waals surface area contributed by atoms with E-state index in [9.17, 15) is 24.3 Å². The lowest BCUT2D eigenvalue weighted by molar-refractivity contribution is -0.123. The van der Waals surface area contributed by atoms with Gasteiger partial charge < -0.3 is 20.4 Å². The zero-order valence-electron chi connectivity index (χ0n) is 16.4. The molecule has 0 bridgehead atoms. The highest BCUT2D eigenvalue weighted by molar-refractivity contribution is 6.09. The number of nitrogens with zero attached hydrogens (tertiary/aromatic N) is 2. The Morgan fingerprint density at radius 2 is 1.90 bits per heavy atom. The quantitative estimate of drug-likeness (QED) is 0.482. The van der Waals surface area contributed by atoms with E-state index in [2.05, 4.69) is 10.6 Å². The maximum atomic E-state index is 13.1. The molecule has 2 atom stereocenters. The van der Waals surface area contributed by atoms with Gasteiger partial charge in [0.2, 0.25) is 11.8 Å². The number of nitrogens with one attached hydrogen (secondary N) is 2. The van der Waals surface area contributed by atoms with Crippen molar-refractivity contribution in [2.75, 3.05) is 24.5 Å². The van der Waals surface area contributed by atoms with Crippen molar-refractivity contribution in [3.05, 3.63) is 29.8 Å². The molecule has 0 aromatic heterocycles. The zero-order chi connectivity index (χ0) is 22.3. The number of likely N-dealkylation sites (tertiary alicyclic amines) is 1. The average Bonchev–Trinajstić information content (AvgIpc) is 2.67. The molecule has 2 aliphatic heterocycles. The van der Waals surface area contributed by atoms with Crippen LogP contribution in [0.4, 0.5) is 10.5 Å². The van der Waals surface area contributed by atoms with Crippen LogP contribution in [0.2, 0.25) is 0 Å². The highest BCUT2D eigenvalue weighted by Crippen LogP contribution is 2.25. The minimum absolute atomic E-state index is 0.147. The first kappa shape index (κ1) is 22.8. The Kier molecular flexibility index (Phi) is 7.87. The van der Waals surface area contributed by atoms with Crippen molar-refractivity contribution in [1.82, 2.24) is 15.5 Å². The highest BCUT2D eigenvalue weighted by Gasteiger charge is 2.33. The summed E-state index contributed by atoms with van der Waals surface area (Å²) in [6.07, 6.45) is -0.217. The molecule has 2 aliphatic rings. The van der Waals surface area contributed by atoms with Crippen molar-refractivity contribution >= 4 is 35.9 Å². The lowest BCUT2D eigenvalue weighted by Crippen LogP contribution is -2.54. The third kappa shape index (κ3) is 5.77. The number of hydrogen-bond acceptors (Lipinski definition) is 6. The molecule has 2 saturated heterocycles. The van der Waals surface area contributed by atoms with E-state index >= 15 is 0 Å². The number of carbonyl (C=O) groups is 5. The van der Waals surface area contributed by atoms with E-state index in [1.54, 1.807) is 24.3 Å². The molecule has 1 aromatic carbocycles. The number of anilines is 1. The van der Waals surface area contributed by atoms with Crippen molar-refractivity contribution in [1.29, 1.82) is 0 Å². The summed E-state index contributed by atoms with van der Waals surface area (Å²) in [5.74, 6) is -0.918. The first-order valence-corrected chi connectivity index (χ1v) is 9.29. The second kappa shape index (κ2) is 10.3. The molecule has 1 aromatic rings. The van der Waals surface area contributed by atoms with Gasteiger partial charge in [0.25, 0.3) is 12.4 Å². The minimum Gasteiger partial charge on any atom is -0.483 e. The monoisotopic (exact) mass is 420 g/mol. The summed E-state index contributed by atoms with van der Waals surface area (Å²) >= 11 is 0. The van der Waals surface area contributed by atoms with Gasteiger partial charge in [-0.2, -0.15) is 0 Å². The van der Waals surface area contributed by atoms with Gasteiger partial charge in [0.05, 0.1) is 17.4 Å². The van der Waals surface area contributed by atoms with E-state index < -0.39 is 12.1 Å². The molecule has 0 spiro atoms. The van der Waals surface area contributed by atoms with E-state index in [0.29, 0.717) is 17.7 Å². The topological polar surface area (TPSA) is 156 Å². The van der Waals surface area contributed by atoms with Crippen LogP contribution >= 0.6 is 0 Å². The van der Waals surface area contributed by atoms with Crippen molar-refractivity contribution < 1.29 is 34.2 Å². The van der Waals surface area contributed by atoms with Crippen LogP contribution in [0, 0.1) is 0 Å². The second-order valence-corrected chi connectivity index (χ2v) is 6.87. The summed E-state index contributed by atoms with van der Waals surface area (Å²) in [5, 5.41) is 22.0. The van der Waals surface area contributed by atoms with Gasteiger partial charge in [-0.1, -0.05) is 12.1 Å². The number of hydrogen-bond donors (Lipinski definition) is 4. The molecule has 4 N–H and O–H groups in total. The van der Waals surface area contributed by atoms with E-state index in [1.807, 2.05) is 0 Å². The first-order valence-electron chi connectivity index (χ1n) is 9.29. The number of carbonyl (C=O) groups excluding carboxylic acids is 4. The molecule has 11 heteroatoms. The number of benzene rings is 1. The van der Waals surface area contributed by atoms with Crippen LogP contribution in [0.25, 0.3) is 0 Å². The fourth-order valence-electron chi connectivity index (χ4n) is 3.48. The van der Waals surface area contributed by atoms with Crippen LogP contribution in [0.3, 0.4) is 0 Å². The SMILES string of the molecule is CC(=O)N[C@H]1C[C@@H](O)CN(C(=O)c2ccccc2N2CCC(=O)NC2=O)C1.O=CO. The van der Waals surface area contributed by atoms with E-state index in [4.69, 9.17) is 9.90 Å². The fourth-order valence-corrected chi connectivity index (χ4v) is 3.48. The first-order chi connectivity index (χ1) is 14.3. The fraction of sp³-hybridized carbons (Fsp3) is 0.421. The molecular formula is C19H24N4O7. The maximum Gasteiger partial charge on any atom is 0.328 e. The number of para-hydroxylation sites is 1. The van der Waals surface area contributed by atoms with Crippen LogP contribution in [-0.2, 0) is 14.4 Å². The number of aliphatic hydroxyl groups is 1. The molecule has 0 aliphatic carbocycles. The molecule has 5 amide bonds. The van der Waals surface area contributed by atoms with Crippen molar-refractivity contribution in [2.24, 2.45) is 0 Å². The minimum atomic E-state index is -0.748. The summed E-state index contributed by atoms with van der Waals surface area (Å²) in [6, 6.07) is 5.75. The van der Waals surface area contributed by atoms with Gasteiger partial charge in [0.15, 0.2) is 0 Å². The Bertz CT molecular complexity index is 829. The Morgan fingerprint density at radius 1 is 1.23 bits per heavy atom. The molecule has 0 unspecified atom stereocenters. The standard InChI is InChI=1S/C18H22N4O5.CH2O2/c1-11(23)19-12-8-13(24)10-21(9-12)17(26)14-4-2-3-5-15(14)22-7-6-16(25)20-18(22)27;2-1-3/h2-5,12-13,24H,6-10H2,1H3,(H,19,23)(H,20,25,27);1H,(H,2,3)/t12-,13+;/m0./s1. The van der Waals surface area contributed by atoms with Crippen molar-refractivity contribution in [3.8, 4) is 0 Å². The molecule has 2 heterocycles. The Morgan fingerprint density at radius 3 is 2.53 bits per heavy atom. The number of β-amino-alcohol motifs (C(OH)–C–C–N with tert-alkyl or cyclic N) is 1. The average molecular weight is 420 g/mol. The van der Waals surface area contributed by atoms with Crippen LogP contribution < -0.4 is 15.5 Å². The molecule has 3 rings (SSSR count). The summed E-state index contributed by atoms with van der Waals surface area (Å²) in [5.41, 5.74) is 0.710. The molecule has 30 heavy (non-hydrogen) atoms. The molecule has 162 valence electrons. The van der Waals surface area contributed by atoms with E-state index in [1.165, 1.54) is 16.7 Å². The number of aliphatic hydroxyl groups excluding tert-OH is 1. The molecule has 0 radical (unpaired) electrons. The summed E-state index contributed by atoms with van der Waals surface area (Å²) < 4.78 is 0. The van der Waals surface area contributed by atoms with Crippen LogP contribution in [0.15, 0.2) is 24.3 Å². The number of amides is 5. The van der Waals surface area contributed by atoms with Crippen LogP contribution in [-0.4, -0.2) is 77.1 Å². The third-order valence-corrected chi connectivity index (χ3v) is 4.60. The van der Waals surface area contributed by atoms with Crippen molar-refractivity contribution in [3.63, 3.8) is 0 Å². The van der Waals surface area contributed by atoms with Crippen molar-refractivity contribution in [2.45, 2.75) is 31.9 Å². The van der Waals surface area contributed by atoms with Gasteiger partial charge in [-0.05, 0) is 18.6 Å². The lowest BCUT2D eigenvalue weighted by Gasteiger charge is -2.37. The highest BCUT2D eigenvalue weighted by atomic mass is 16.3. The van der Waals surface area contributed by atoms with Gasteiger partial charge in [-0.25, -0.2) is 4.79 Å². The van der Waals surface area contributed by atoms with Gasteiger partial charge >= 0.3 is 6.03 Å². The largest absolute Gasteiger partial charge is 0.483 e. The van der Waals surface area contributed by atoms with E-state index in [0.717, 1.165) is 0 Å². The predicted octanol–water partition coefficient (Wildman–Crippen LogP) is -0.455. The van der Waals surface area contributed by atoms with Crippen LogP contribution in [0.5, 0.6) is 0 Å². The summed E-state index contributed by atoms with van der Waals surface area (Å²) in [6.45, 7) is 1.74. The van der Waals surface area contributed by atoms with Gasteiger partial charge in [-0.15, -0.1) is 0 Å². The smallest absolute Gasteiger partial charge is 0.328 e. The Labute approximate surface area is 172 Å². The predicted molar refractivity (Wildman–Crippen MR) is 105 cm³/mol. The van der Waals surface area contributed by atoms with Gasteiger partial charge in [0, 0.05) is 39.0 Å². The summed E-state index contributed by atoms with van der Waals surface area (Å²) in [7, 11) is 0. The molecule has 11 nitrogen and oxygen atoms in total. The number of imide groups is 1. The molecule has 2 fully saturated rings. The van der Waals surface area contributed by atoms with Gasteiger partial charge in [0.1, 0.15) is 0 Å². The number of piperidine rings is 1. The third-order valence-electron chi connectivity index (χ3n) is 4.60. The normalized spacial score (nSPS) is 21.1. The van der Waals surface area contributed by atoms with E-state index in [-0.39, 0.29) is 56.3 Å². The number of carboxylic acid groups (broad SMARTS) is 1. The molecule has 0 saturated carbocycles.